The number of rotatable bonds is 4. The van der Waals surface area contributed by atoms with E-state index in [9.17, 15) is 9.59 Å². The first-order valence-electron chi connectivity index (χ1n) is 6.83. The van der Waals surface area contributed by atoms with Gasteiger partial charge >= 0.3 is 5.30 Å². The number of ether oxygens (including phenoxy) is 2. The van der Waals surface area contributed by atoms with E-state index in [0.29, 0.717) is 16.7 Å². The number of carbonyl (C=O) groups excluding carboxylic acids is 2. The monoisotopic (exact) mass is 415 g/mol. The van der Waals surface area contributed by atoms with Crippen LogP contribution in [0.3, 0.4) is 0 Å². The van der Waals surface area contributed by atoms with E-state index in [4.69, 9.17) is 9.47 Å². The third-order valence-electron chi connectivity index (χ3n) is 2.60. The standard InChI is InChI=1S/C15H14BrNO4S2/c1-3-20-12-6-5-10(16)7-9(12)8-11-13(18)22-14(17-11)23-15(19)21-4-2/h5-8H,3-4H2,1-2H3/b11-8-. The molecule has 1 aliphatic rings. The van der Waals surface area contributed by atoms with E-state index in [1.807, 2.05) is 25.1 Å². The van der Waals surface area contributed by atoms with Crippen LogP contribution in [0.25, 0.3) is 6.08 Å². The summed E-state index contributed by atoms with van der Waals surface area (Å²) in [7, 11) is 0. The van der Waals surface area contributed by atoms with Crippen LogP contribution in [0.1, 0.15) is 19.4 Å². The molecule has 0 aliphatic carbocycles. The molecule has 0 N–H and O–H groups in total. The minimum atomic E-state index is -0.467. The summed E-state index contributed by atoms with van der Waals surface area (Å²) in [4.78, 5) is 27.7. The van der Waals surface area contributed by atoms with Crippen molar-refractivity contribution in [1.29, 1.82) is 0 Å². The SMILES string of the molecule is CCOC(=O)SC1=N/C(=C\c2cc(Br)ccc2OCC)C(=O)S1. The quantitative estimate of drug-likeness (QED) is 0.523. The second-order valence-corrected chi connectivity index (χ2v) is 7.26. The molecule has 2 rings (SSSR count). The maximum Gasteiger partial charge on any atom is 0.374 e. The van der Waals surface area contributed by atoms with E-state index >= 15 is 0 Å². The Morgan fingerprint density at radius 2 is 2.17 bits per heavy atom. The van der Waals surface area contributed by atoms with Gasteiger partial charge < -0.3 is 9.47 Å². The van der Waals surface area contributed by atoms with Gasteiger partial charge in [0, 0.05) is 21.8 Å². The molecule has 0 radical (unpaired) electrons. The van der Waals surface area contributed by atoms with Gasteiger partial charge in [-0.25, -0.2) is 9.79 Å². The molecular weight excluding hydrogens is 402 g/mol. The number of benzene rings is 1. The lowest BCUT2D eigenvalue weighted by Gasteiger charge is -2.07. The average molecular weight is 416 g/mol. The first-order valence-corrected chi connectivity index (χ1v) is 9.25. The van der Waals surface area contributed by atoms with Gasteiger partial charge in [-0.3, -0.25) is 4.79 Å². The van der Waals surface area contributed by atoms with Gasteiger partial charge in [0.25, 0.3) is 0 Å². The van der Waals surface area contributed by atoms with Crippen LogP contribution >= 0.6 is 39.5 Å². The predicted octanol–water partition coefficient (Wildman–Crippen LogP) is 4.71. The Hall–Kier alpha value is -1.25. The number of hydrogen-bond donors (Lipinski definition) is 0. The summed E-state index contributed by atoms with van der Waals surface area (Å²) in [5.74, 6) is 0.669. The molecule has 0 fully saturated rings. The Bertz CT molecular complexity index is 688. The number of nitrogens with zero attached hydrogens (tertiary/aromatic N) is 1. The first-order chi connectivity index (χ1) is 11.0. The molecule has 1 heterocycles. The summed E-state index contributed by atoms with van der Waals surface area (Å²) in [6.45, 7) is 4.42. The largest absolute Gasteiger partial charge is 0.493 e. The van der Waals surface area contributed by atoms with Crippen molar-refractivity contribution >= 4 is 60.3 Å². The third-order valence-corrected chi connectivity index (χ3v) is 4.80. The minimum absolute atomic E-state index is 0.209. The second kappa shape index (κ2) is 8.56. The Morgan fingerprint density at radius 1 is 1.39 bits per heavy atom. The van der Waals surface area contributed by atoms with E-state index in [-0.39, 0.29) is 17.4 Å². The van der Waals surface area contributed by atoms with Crippen molar-refractivity contribution in [1.82, 2.24) is 0 Å². The van der Waals surface area contributed by atoms with Crippen LogP contribution in [-0.4, -0.2) is 28.0 Å². The van der Waals surface area contributed by atoms with Crippen LogP contribution in [0.5, 0.6) is 5.75 Å². The number of aliphatic imine (C=N–C) groups is 1. The topological polar surface area (TPSA) is 65.0 Å². The smallest absolute Gasteiger partial charge is 0.374 e. The van der Waals surface area contributed by atoms with Gasteiger partial charge in [-0.2, -0.15) is 0 Å². The second-order valence-electron chi connectivity index (χ2n) is 4.20. The highest BCUT2D eigenvalue weighted by Gasteiger charge is 2.25. The summed E-state index contributed by atoms with van der Waals surface area (Å²) in [5.41, 5.74) is 1.03. The lowest BCUT2D eigenvalue weighted by molar-refractivity contribution is -0.107. The number of hydrogen-bond acceptors (Lipinski definition) is 7. The highest BCUT2D eigenvalue weighted by atomic mass is 79.9. The van der Waals surface area contributed by atoms with Crippen molar-refractivity contribution in [3.63, 3.8) is 0 Å². The molecule has 122 valence electrons. The Labute approximate surface area is 151 Å². The van der Waals surface area contributed by atoms with Gasteiger partial charge in [0.1, 0.15) is 15.8 Å². The highest BCUT2D eigenvalue weighted by molar-refractivity contribution is 9.10. The van der Waals surface area contributed by atoms with Gasteiger partial charge in [0.2, 0.25) is 5.12 Å². The van der Waals surface area contributed by atoms with Crippen molar-refractivity contribution in [2.45, 2.75) is 13.8 Å². The van der Waals surface area contributed by atoms with E-state index in [0.717, 1.165) is 33.6 Å². The van der Waals surface area contributed by atoms with Gasteiger partial charge in [0.15, 0.2) is 0 Å². The van der Waals surface area contributed by atoms with E-state index in [2.05, 4.69) is 20.9 Å². The maximum absolute atomic E-state index is 12.0. The van der Waals surface area contributed by atoms with Gasteiger partial charge in [0.05, 0.1) is 13.2 Å². The van der Waals surface area contributed by atoms with Crippen molar-refractivity contribution in [2.24, 2.45) is 4.99 Å². The summed E-state index contributed by atoms with van der Waals surface area (Å²) in [6, 6.07) is 5.54. The summed E-state index contributed by atoms with van der Waals surface area (Å²) < 4.78 is 11.6. The average Bonchev–Trinajstić information content (AvgIpc) is 2.82. The lowest BCUT2D eigenvalue weighted by Crippen LogP contribution is -1.98. The van der Waals surface area contributed by atoms with Crippen molar-refractivity contribution < 1.29 is 19.1 Å². The van der Waals surface area contributed by atoms with E-state index < -0.39 is 5.30 Å². The molecular formula is C15H14BrNO4S2. The third kappa shape index (κ3) is 5.12. The van der Waals surface area contributed by atoms with Crippen LogP contribution in [0, 0.1) is 0 Å². The fraction of sp³-hybridized carbons (Fsp3) is 0.267. The Kier molecular flexibility index (Phi) is 6.73. The molecule has 0 atom stereocenters. The van der Waals surface area contributed by atoms with E-state index in [1.165, 1.54) is 0 Å². The zero-order valence-electron chi connectivity index (χ0n) is 12.5. The molecule has 1 aromatic carbocycles. The Morgan fingerprint density at radius 3 is 2.87 bits per heavy atom. The summed E-state index contributed by atoms with van der Waals surface area (Å²) in [6.07, 6.45) is 1.66. The molecule has 1 aromatic rings. The zero-order chi connectivity index (χ0) is 16.8. The summed E-state index contributed by atoms with van der Waals surface area (Å²) in [5, 5.41) is -0.676. The molecule has 1 aliphatic heterocycles. The molecule has 0 saturated carbocycles. The zero-order valence-corrected chi connectivity index (χ0v) is 15.7. The van der Waals surface area contributed by atoms with Crippen LogP contribution in [0.15, 0.2) is 33.4 Å². The molecule has 0 aromatic heterocycles. The van der Waals surface area contributed by atoms with E-state index in [1.54, 1.807) is 13.0 Å². The van der Waals surface area contributed by atoms with Crippen LogP contribution < -0.4 is 4.74 Å². The molecule has 0 bridgehead atoms. The number of halogens is 1. The highest BCUT2D eigenvalue weighted by Crippen LogP contribution is 2.33. The molecule has 0 amide bonds. The van der Waals surface area contributed by atoms with Gasteiger partial charge in [-0.1, -0.05) is 15.9 Å². The van der Waals surface area contributed by atoms with Crippen LogP contribution in [0.2, 0.25) is 0 Å². The summed E-state index contributed by atoms with van der Waals surface area (Å²) >= 11 is 5.14. The molecule has 23 heavy (non-hydrogen) atoms. The van der Waals surface area contributed by atoms with Crippen molar-refractivity contribution in [2.75, 3.05) is 13.2 Å². The first kappa shape index (κ1) is 18.1. The predicted molar refractivity (Wildman–Crippen MR) is 97.9 cm³/mol. The molecule has 0 saturated heterocycles. The molecule has 0 spiro atoms. The molecule has 8 heteroatoms. The number of thioether (sulfide) groups is 2. The van der Waals surface area contributed by atoms with Crippen molar-refractivity contribution in [3.05, 3.63) is 33.9 Å². The number of carbonyl (C=O) groups is 2. The lowest BCUT2D eigenvalue weighted by atomic mass is 10.1. The normalized spacial score (nSPS) is 15.7. The fourth-order valence-electron chi connectivity index (χ4n) is 1.72. The Balaban J connectivity index is 2.25. The molecule has 0 unspecified atom stereocenters. The minimum Gasteiger partial charge on any atom is -0.493 e. The van der Waals surface area contributed by atoms with Gasteiger partial charge in [-0.05, 0) is 49.9 Å². The fourth-order valence-corrected chi connectivity index (χ4v) is 3.67. The van der Waals surface area contributed by atoms with Gasteiger partial charge in [-0.15, -0.1) is 0 Å². The van der Waals surface area contributed by atoms with Crippen LogP contribution in [0.4, 0.5) is 4.79 Å². The van der Waals surface area contributed by atoms with Crippen LogP contribution in [-0.2, 0) is 9.53 Å². The molecule has 5 nitrogen and oxygen atoms in total. The van der Waals surface area contributed by atoms with Crippen molar-refractivity contribution in [3.8, 4) is 5.75 Å². The maximum atomic E-state index is 12.0.